The van der Waals surface area contributed by atoms with E-state index in [1.807, 2.05) is 39.0 Å². The molecule has 2 amide bonds. The van der Waals surface area contributed by atoms with Crippen molar-refractivity contribution in [3.05, 3.63) is 30.3 Å². The number of carbonyl (C=O) groups is 2. The first-order valence-corrected chi connectivity index (χ1v) is 8.43. The van der Waals surface area contributed by atoms with Gasteiger partial charge in [0.15, 0.2) is 0 Å². The molecule has 1 rings (SSSR count). The Labute approximate surface area is 144 Å². The minimum atomic E-state index is -0.618. The van der Waals surface area contributed by atoms with Crippen LogP contribution in [0.2, 0.25) is 0 Å². The maximum atomic E-state index is 12.4. The second-order valence-electron chi connectivity index (χ2n) is 5.96. The second-order valence-corrected chi connectivity index (χ2v) is 5.96. The van der Waals surface area contributed by atoms with Gasteiger partial charge >= 0.3 is 0 Å². The Hall–Kier alpha value is -1.92. The van der Waals surface area contributed by atoms with E-state index in [9.17, 15) is 9.59 Å². The van der Waals surface area contributed by atoms with Crippen molar-refractivity contribution in [2.45, 2.75) is 39.8 Å². The van der Waals surface area contributed by atoms with Crippen molar-refractivity contribution in [3.63, 3.8) is 0 Å². The fourth-order valence-electron chi connectivity index (χ4n) is 2.20. The van der Waals surface area contributed by atoms with Crippen LogP contribution in [-0.4, -0.2) is 43.7 Å². The first-order valence-electron chi connectivity index (χ1n) is 8.43. The first kappa shape index (κ1) is 20.1. The van der Waals surface area contributed by atoms with E-state index >= 15 is 0 Å². The number of anilines is 1. The van der Waals surface area contributed by atoms with Crippen molar-refractivity contribution in [1.29, 1.82) is 0 Å². The smallest absolute Gasteiger partial charge is 0.246 e. The van der Waals surface area contributed by atoms with Crippen LogP contribution in [0.25, 0.3) is 0 Å². The summed E-state index contributed by atoms with van der Waals surface area (Å²) in [6, 6.07) is 8.19. The van der Waals surface area contributed by atoms with Gasteiger partial charge in [-0.15, -0.1) is 0 Å². The molecule has 0 saturated heterocycles. The Kier molecular flexibility index (Phi) is 9.04. The molecule has 134 valence electrons. The van der Waals surface area contributed by atoms with Crippen LogP contribution >= 0.6 is 0 Å². The van der Waals surface area contributed by atoms with E-state index in [1.54, 1.807) is 19.1 Å². The van der Waals surface area contributed by atoms with E-state index < -0.39 is 6.04 Å². The van der Waals surface area contributed by atoms with Gasteiger partial charge in [-0.2, -0.15) is 0 Å². The van der Waals surface area contributed by atoms with Gasteiger partial charge in [0.05, 0.1) is 12.6 Å². The highest BCUT2D eigenvalue weighted by atomic mass is 16.5. The summed E-state index contributed by atoms with van der Waals surface area (Å²) >= 11 is 0. The molecule has 0 saturated carbocycles. The van der Waals surface area contributed by atoms with Crippen molar-refractivity contribution in [1.82, 2.24) is 10.6 Å². The van der Waals surface area contributed by atoms with Gasteiger partial charge in [-0.3, -0.25) is 9.59 Å². The molecule has 0 bridgehead atoms. The predicted molar refractivity (Wildman–Crippen MR) is 95.8 cm³/mol. The van der Waals surface area contributed by atoms with Gasteiger partial charge in [-0.05, 0) is 31.9 Å². The SMILES string of the molecule is CCOCCN[C@H](C(=O)N[C@H](C)C(=O)Nc1ccccc1)C(C)C. The molecule has 0 fully saturated rings. The summed E-state index contributed by atoms with van der Waals surface area (Å²) in [4.78, 5) is 24.6. The van der Waals surface area contributed by atoms with Crippen LogP contribution in [-0.2, 0) is 14.3 Å². The van der Waals surface area contributed by atoms with Gasteiger partial charge in [0.25, 0.3) is 0 Å². The Morgan fingerprint density at radius 2 is 1.75 bits per heavy atom. The molecule has 0 aliphatic rings. The third-order valence-electron chi connectivity index (χ3n) is 3.56. The molecule has 0 aliphatic carbocycles. The molecule has 0 unspecified atom stereocenters. The van der Waals surface area contributed by atoms with Gasteiger partial charge in [0, 0.05) is 18.8 Å². The quantitative estimate of drug-likeness (QED) is 0.570. The van der Waals surface area contributed by atoms with Crippen LogP contribution in [0.4, 0.5) is 5.69 Å². The molecule has 24 heavy (non-hydrogen) atoms. The lowest BCUT2D eigenvalue weighted by Crippen LogP contribution is -2.52. The standard InChI is InChI=1S/C18H29N3O3/c1-5-24-12-11-19-16(13(2)3)18(23)20-14(4)17(22)21-15-9-7-6-8-10-15/h6-10,13-14,16,19H,5,11-12H2,1-4H3,(H,20,23)(H,21,22)/t14-,16+/m1/s1. The topological polar surface area (TPSA) is 79.5 Å². The third kappa shape index (κ3) is 7.10. The molecule has 6 nitrogen and oxygen atoms in total. The first-order chi connectivity index (χ1) is 11.5. The number of para-hydroxylation sites is 1. The number of ether oxygens (including phenoxy) is 1. The summed E-state index contributed by atoms with van der Waals surface area (Å²) in [5, 5.41) is 8.73. The van der Waals surface area contributed by atoms with Gasteiger partial charge in [-0.1, -0.05) is 32.0 Å². The van der Waals surface area contributed by atoms with Gasteiger partial charge < -0.3 is 20.7 Å². The fraction of sp³-hybridized carbons (Fsp3) is 0.556. The molecule has 0 aliphatic heterocycles. The molecule has 6 heteroatoms. The van der Waals surface area contributed by atoms with Crippen molar-refractivity contribution < 1.29 is 14.3 Å². The van der Waals surface area contributed by atoms with E-state index in [0.29, 0.717) is 25.4 Å². The number of carbonyl (C=O) groups excluding carboxylic acids is 2. The number of hydrogen-bond acceptors (Lipinski definition) is 4. The zero-order chi connectivity index (χ0) is 17.9. The second kappa shape index (κ2) is 10.8. The van der Waals surface area contributed by atoms with Crippen molar-refractivity contribution in [2.24, 2.45) is 5.92 Å². The lowest BCUT2D eigenvalue weighted by Gasteiger charge is -2.23. The highest BCUT2D eigenvalue weighted by Gasteiger charge is 2.24. The molecule has 2 atom stereocenters. The summed E-state index contributed by atoms with van der Waals surface area (Å²) < 4.78 is 5.27. The number of benzene rings is 1. The minimum absolute atomic E-state index is 0.107. The lowest BCUT2D eigenvalue weighted by molar-refractivity contribution is -0.128. The Bertz CT molecular complexity index is 505. The van der Waals surface area contributed by atoms with Gasteiger partial charge in [0.2, 0.25) is 11.8 Å². The molecule has 0 radical (unpaired) electrons. The number of hydrogen-bond donors (Lipinski definition) is 3. The highest BCUT2D eigenvalue weighted by Crippen LogP contribution is 2.06. The molecule has 0 heterocycles. The zero-order valence-corrected chi connectivity index (χ0v) is 15.0. The summed E-state index contributed by atoms with van der Waals surface area (Å²) in [6.45, 7) is 9.33. The van der Waals surface area contributed by atoms with Crippen molar-refractivity contribution >= 4 is 17.5 Å². The van der Waals surface area contributed by atoms with Gasteiger partial charge in [-0.25, -0.2) is 0 Å². The normalized spacial score (nSPS) is 13.4. The largest absolute Gasteiger partial charge is 0.380 e. The minimum Gasteiger partial charge on any atom is -0.380 e. The Morgan fingerprint density at radius 1 is 1.08 bits per heavy atom. The van der Waals surface area contributed by atoms with Crippen LogP contribution in [0.1, 0.15) is 27.7 Å². The van der Waals surface area contributed by atoms with Crippen molar-refractivity contribution in [2.75, 3.05) is 25.1 Å². The average molecular weight is 335 g/mol. The molecule has 0 spiro atoms. The maximum Gasteiger partial charge on any atom is 0.246 e. The molecule has 3 N–H and O–H groups in total. The summed E-state index contributed by atoms with van der Waals surface area (Å²) in [5.41, 5.74) is 0.707. The van der Waals surface area contributed by atoms with Crippen LogP contribution in [0, 0.1) is 5.92 Å². The third-order valence-corrected chi connectivity index (χ3v) is 3.56. The van der Waals surface area contributed by atoms with Crippen LogP contribution in [0.5, 0.6) is 0 Å². The maximum absolute atomic E-state index is 12.4. The van der Waals surface area contributed by atoms with E-state index in [2.05, 4.69) is 16.0 Å². The van der Waals surface area contributed by atoms with Crippen LogP contribution in [0.3, 0.4) is 0 Å². The summed E-state index contributed by atoms with van der Waals surface area (Å²) in [6.07, 6.45) is 0. The van der Waals surface area contributed by atoms with Crippen LogP contribution < -0.4 is 16.0 Å². The average Bonchev–Trinajstić information content (AvgIpc) is 2.55. The lowest BCUT2D eigenvalue weighted by atomic mass is 10.0. The Balaban J connectivity index is 2.51. The summed E-state index contributed by atoms with van der Waals surface area (Å²) in [5.74, 6) is -0.320. The monoisotopic (exact) mass is 335 g/mol. The summed E-state index contributed by atoms with van der Waals surface area (Å²) in [7, 11) is 0. The molecular formula is C18H29N3O3. The van der Waals surface area contributed by atoms with Crippen LogP contribution in [0.15, 0.2) is 30.3 Å². The number of nitrogens with one attached hydrogen (secondary N) is 3. The predicted octanol–water partition coefficient (Wildman–Crippen LogP) is 1.78. The molecular weight excluding hydrogens is 306 g/mol. The van der Waals surface area contributed by atoms with E-state index in [-0.39, 0.29) is 23.8 Å². The Morgan fingerprint density at radius 3 is 2.33 bits per heavy atom. The molecule has 1 aromatic carbocycles. The number of amides is 2. The van der Waals surface area contributed by atoms with E-state index in [4.69, 9.17) is 4.74 Å². The van der Waals surface area contributed by atoms with Crippen molar-refractivity contribution in [3.8, 4) is 0 Å². The van der Waals surface area contributed by atoms with Gasteiger partial charge in [0.1, 0.15) is 6.04 Å². The van der Waals surface area contributed by atoms with E-state index in [1.165, 1.54) is 0 Å². The zero-order valence-electron chi connectivity index (χ0n) is 15.0. The highest BCUT2D eigenvalue weighted by molar-refractivity contribution is 5.97. The number of rotatable bonds is 10. The fourth-order valence-corrected chi connectivity index (χ4v) is 2.20. The molecule has 1 aromatic rings. The molecule has 0 aromatic heterocycles. The van der Waals surface area contributed by atoms with E-state index in [0.717, 1.165) is 0 Å².